The number of nitro benzene ring substituents is 1. The van der Waals surface area contributed by atoms with Gasteiger partial charge >= 0.3 is 5.97 Å². The number of hydrogen-bond donors (Lipinski definition) is 0. The summed E-state index contributed by atoms with van der Waals surface area (Å²) in [6.07, 6.45) is 1.44. The number of cyclic esters (lactones) is 1. The number of nitro groups is 1. The fourth-order valence-electron chi connectivity index (χ4n) is 3.19. The number of benzene rings is 2. The second-order valence-electron chi connectivity index (χ2n) is 6.56. The molecule has 154 valence electrons. The molecule has 30 heavy (non-hydrogen) atoms. The number of esters is 1. The van der Waals surface area contributed by atoms with Gasteiger partial charge in [-0.25, -0.2) is 9.79 Å². The van der Waals surface area contributed by atoms with Crippen molar-refractivity contribution in [3.63, 3.8) is 0 Å². The maximum atomic E-state index is 12.2. The Morgan fingerprint density at radius 2 is 1.90 bits per heavy atom. The maximum absolute atomic E-state index is 12.2. The zero-order valence-electron chi connectivity index (χ0n) is 15.5. The van der Waals surface area contributed by atoms with Crippen molar-refractivity contribution in [1.82, 2.24) is 0 Å². The van der Waals surface area contributed by atoms with Crippen LogP contribution >= 0.6 is 23.2 Å². The molecule has 10 heteroatoms. The van der Waals surface area contributed by atoms with Crippen LogP contribution in [0.4, 0.5) is 11.4 Å². The van der Waals surface area contributed by atoms with Crippen molar-refractivity contribution in [2.24, 2.45) is 4.99 Å². The van der Waals surface area contributed by atoms with Crippen molar-refractivity contribution in [1.29, 1.82) is 0 Å². The summed E-state index contributed by atoms with van der Waals surface area (Å²) >= 11 is 12.0. The fourth-order valence-corrected chi connectivity index (χ4v) is 3.68. The van der Waals surface area contributed by atoms with E-state index in [1.807, 2.05) is 4.90 Å². The van der Waals surface area contributed by atoms with E-state index >= 15 is 0 Å². The highest BCUT2D eigenvalue weighted by Gasteiger charge is 2.27. The third kappa shape index (κ3) is 4.16. The minimum atomic E-state index is -0.670. The lowest BCUT2D eigenvalue weighted by molar-refractivity contribution is -0.384. The molecule has 0 aromatic heterocycles. The average molecular weight is 448 g/mol. The Hall–Kier alpha value is -2.94. The zero-order chi connectivity index (χ0) is 21.3. The molecule has 2 aliphatic heterocycles. The summed E-state index contributed by atoms with van der Waals surface area (Å²) in [5, 5.41) is 12.3. The fraction of sp³-hybridized carbons (Fsp3) is 0.200. The molecule has 2 heterocycles. The van der Waals surface area contributed by atoms with Crippen molar-refractivity contribution >= 4 is 52.5 Å². The van der Waals surface area contributed by atoms with Crippen molar-refractivity contribution in [3.8, 4) is 0 Å². The van der Waals surface area contributed by atoms with Crippen LogP contribution in [0.3, 0.4) is 0 Å². The Bertz CT molecular complexity index is 1090. The highest BCUT2D eigenvalue weighted by atomic mass is 35.5. The molecule has 0 aliphatic carbocycles. The number of aliphatic imine (C=N–C) groups is 1. The quantitative estimate of drug-likeness (QED) is 0.303. The number of anilines is 1. The smallest absolute Gasteiger partial charge is 0.363 e. The molecule has 0 amide bonds. The number of ether oxygens (including phenoxy) is 2. The number of hydrogen-bond acceptors (Lipinski definition) is 7. The summed E-state index contributed by atoms with van der Waals surface area (Å²) in [5.74, 6) is -0.622. The highest BCUT2D eigenvalue weighted by molar-refractivity contribution is 6.37. The van der Waals surface area contributed by atoms with E-state index in [2.05, 4.69) is 4.99 Å². The minimum absolute atomic E-state index is 0.0180. The molecule has 2 aromatic rings. The first kappa shape index (κ1) is 20.3. The average Bonchev–Trinajstić information content (AvgIpc) is 3.08. The number of carbonyl (C=O) groups is 1. The molecule has 1 saturated heterocycles. The molecule has 0 bridgehead atoms. The molecule has 2 aromatic carbocycles. The van der Waals surface area contributed by atoms with Crippen LogP contribution in [0.1, 0.15) is 11.1 Å². The zero-order valence-corrected chi connectivity index (χ0v) is 17.0. The van der Waals surface area contributed by atoms with Gasteiger partial charge in [-0.2, -0.15) is 0 Å². The molecule has 0 saturated carbocycles. The van der Waals surface area contributed by atoms with Crippen LogP contribution in [-0.2, 0) is 14.3 Å². The molecule has 0 radical (unpaired) electrons. The number of nitrogens with zero attached hydrogens (tertiary/aromatic N) is 3. The van der Waals surface area contributed by atoms with Crippen molar-refractivity contribution in [2.45, 2.75) is 0 Å². The second-order valence-corrected chi connectivity index (χ2v) is 7.41. The van der Waals surface area contributed by atoms with Gasteiger partial charge in [0.15, 0.2) is 5.70 Å². The van der Waals surface area contributed by atoms with E-state index in [4.69, 9.17) is 32.7 Å². The molecule has 4 rings (SSSR count). The Labute approximate surface area is 181 Å². The lowest BCUT2D eigenvalue weighted by Crippen LogP contribution is -2.36. The summed E-state index contributed by atoms with van der Waals surface area (Å²) < 4.78 is 10.5. The van der Waals surface area contributed by atoms with Gasteiger partial charge in [0, 0.05) is 24.2 Å². The van der Waals surface area contributed by atoms with Crippen LogP contribution < -0.4 is 4.90 Å². The molecule has 0 spiro atoms. The van der Waals surface area contributed by atoms with Crippen molar-refractivity contribution in [2.75, 3.05) is 31.2 Å². The molecular weight excluding hydrogens is 433 g/mol. The van der Waals surface area contributed by atoms with Gasteiger partial charge in [0.2, 0.25) is 5.90 Å². The molecule has 0 unspecified atom stereocenters. The number of morpholine rings is 1. The predicted molar refractivity (Wildman–Crippen MR) is 113 cm³/mol. The Morgan fingerprint density at radius 3 is 2.60 bits per heavy atom. The van der Waals surface area contributed by atoms with Gasteiger partial charge in [-0.05, 0) is 35.9 Å². The Balaban J connectivity index is 1.66. The summed E-state index contributed by atoms with van der Waals surface area (Å²) in [6, 6.07) is 9.49. The van der Waals surface area contributed by atoms with Gasteiger partial charge in [-0.15, -0.1) is 0 Å². The number of carbonyl (C=O) groups excluding carboxylic acids is 1. The monoisotopic (exact) mass is 447 g/mol. The first-order valence-electron chi connectivity index (χ1n) is 9.01. The maximum Gasteiger partial charge on any atom is 0.363 e. The van der Waals surface area contributed by atoms with E-state index in [1.165, 1.54) is 18.2 Å². The third-order valence-corrected chi connectivity index (χ3v) is 5.18. The summed E-state index contributed by atoms with van der Waals surface area (Å²) in [5.41, 5.74) is 1.35. The van der Waals surface area contributed by atoms with E-state index < -0.39 is 10.9 Å². The second kappa shape index (κ2) is 8.43. The molecule has 0 atom stereocenters. The normalized spacial score (nSPS) is 17.8. The van der Waals surface area contributed by atoms with Crippen LogP contribution in [0.5, 0.6) is 0 Å². The first-order valence-corrected chi connectivity index (χ1v) is 9.77. The van der Waals surface area contributed by atoms with Crippen molar-refractivity contribution in [3.05, 3.63) is 73.4 Å². The summed E-state index contributed by atoms with van der Waals surface area (Å²) in [4.78, 5) is 29.5. The van der Waals surface area contributed by atoms with Crippen LogP contribution in [0, 0.1) is 10.1 Å². The van der Waals surface area contributed by atoms with E-state index in [0.29, 0.717) is 53.2 Å². The van der Waals surface area contributed by atoms with Gasteiger partial charge in [0.05, 0.1) is 28.7 Å². The van der Waals surface area contributed by atoms with E-state index in [9.17, 15) is 14.9 Å². The first-order chi connectivity index (χ1) is 14.4. The lowest BCUT2D eigenvalue weighted by Gasteiger charge is -2.28. The van der Waals surface area contributed by atoms with E-state index in [-0.39, 0.29) is 17.3 Å². The number of halogens is 2. The molecular formula is C20H15Cl2N3O5. The standard InChI is InChI=1S/C20H15Cl2N3O5/c21-13-2-3-14(15(22)11-13)19-23-16(20(26)30-19)9-12-1-4-17(18(10-12)25(27)28)24-5-7-29-8-6-24/h1-4,9-11H,5-8H2/b16-9+. The topological polar surface area (TPSA) is 94.3 Å². The van der Waals surface area contributed by atoms with Crippen LogP contribution in [0.25, 0.3) is 6.08 Å². The Morgan fingerprint density at radius 1 is 1.13 bits per heavy atom. The molecule has 1 fully saturated rings. The van der Waals surface area contributed by atoms with Crippen LogP contribution in [0.2, 0.25) is 10.0 Å². The van der Waals surface area contributed by atoms with Gasteiger partial charge in [-0.1, -0.05) is 29.3 Å². The molecule has 2 aliphatic rings. The van der Waals surface area contributed by atoms with Gasteiger partial charge in [-0.3, -0.25) is 10.1 Å². The largest absolute Gasteiger partial charge is 0.402 e. The van der Waals surface area contributed by atoms with Gasteiger partial charge in [0.25, 0.3) is 5.69 Å². The van der Waals surface area contributed by atoms with Crippen LogP contribution in [-0.4, -0.2) is 43.1 Å². The van der Waals surface area contributed by atoms with Gasteiger partial charge < -0.3 is 14.4 Å². The van der Waals surface area contributed by atoms with E-state index in [0.717, 1.165) is 0 Å². The van der Waals surface area contributed by atoms with Gasteiger partial charge in [0.1, 0.15) is 5.69 Å². The van der Waals surface area contributed by atoms with Crippen molar-refractivity contribution < 1.29 is 19.2 Å². The lowest BCUT2D eigenvalue weighted by atomic mass is 10.1. The number of rotatable bonds is 4. The Kier molecular flexibility index (Phi) is 5.72. The highest BCUT2D eigenvalue weighted by Crippen LogP contribution is 2.32. The molecule has 8 nitrogen and oxygen atoms in total. The molecule has 0 N–H and O–H groups in total. The van der Waals surface area contributed by atoms with Crippen LogP contribution in [0.15, 0.2) is 47.1 Å². The third-order valence-electron chi connectivity index (χ3n) is 4.63. The SMILES string of the molecule is O=C1OC(c2ccc(Cl)cc2Cl)=N/C1=C/c1ccc(N2CCOCC2)c([N+](=O)[O-])c1. The van der Waals surface area contributed by atoms with E-state index in [1.54, 1.807) is 24.3 Å². The summed E-state index contributed by atoms with van der Waals surface area (Å²) in [7, 11) is 0. The summed E-state index contributed by atoms with van der Waals surface area (Å²) in [6.45, 7) is 2.17. The minimum Gasteiger partial charge on any atom is -0.402 e. The predicted octanol–water partition coefficient (Wildman–Crippen LogP) is 4.08.